The molecule has 0 spiro atoms. The molecule has 3 heterocycles. The molecule has 2 aromatic carbocycles. The van der Waals surface area contributed by atoms with Gasteiger partial charge in [-0.05, 0) is 67.0 Å². The highest BCUT2D eigenvalue weighted by Gasteiger charge is 2.30. The zero-order chi connectivity index (χ0) is 24.1. The van der Waals surface area contributed by atoms with Gasteiger partial charge in [0.1, 0.15) is 5.82 Å². The van der Waals surface area contributed by atoms with Crippen molar-refractivity contribution >= 4 is 10.8 Å². The van der Waals surface area contributed by atoms with Crippen LogP contribution in [0.2, 0.25) is 0 Å². The average molecular weight is 471 g/mol. The highest BCUT2D eigenvalue weighted by Crippen LogP contribution is 2.41. The quantitative estimate of drug-likeness (QED) is 0.466. The van der Waals surface area contributed by atoms with Crippen LogP contribution in [0.25, 0.3) is 21.9 Å². The summed E-state index contributed by atoms with van der Waals surface area (Å²) in [5.74, 6) is -0.583. The number of nitriles is 1. The van der Waals surface area contributed by atoms with Crippen LogP contribution in [0, 0.1) is 17.1 Å². The van der Waals surface area contributed by atoms with E-state index in [1.165, 1.54) is 12.1 Å². The van der Waals surface area contributed by atoms with Gasteiger partial charge in [-0.2, -0.15) is 10.4 Å². The summed E-state index contributed by atoms with van der Waals surface area (Å²) >= 11 is 0. The number of hydrogen-bond acceptors (Lipinski definition) is 5. The first kappa shape index (κ1) is 21.5. The molecular formula is C26H22FN5O3. The second-order valence-corrected chi connectivity index (χ2v) is 9.27. The van der Waals surface area contributed by atoms with Crippen molar-refractivity contribution in [1.82, 2.24) is 20.0 Å². The zero-order valence-electron chi connectivity index (χ0n) is 18.8. The topological polar surface area (TPSA) is 117 Å². The fraction of sp³-hybridized carbons (Fsp3) is 0.308. The largest absolute Gasteiger partial charge is 0.373 e. The summed E-state index contributed by atoms with van der Waals surface area (Å²) in [6, 6.07) is 10.0. The predicted molar refractivity (Wildman–Crippen MR) is 126 cm³/mol. The van der Waals surface area contributed by atoms with Gasteiger partial charge in [0, 0.05) is 23.9 Å². The smallest absolute Gasteiger partial charge is 0.271 e. The Morgan fingerprint density at radius 1 is 1.06 bits per heavy atom. The maximum absolute atomic E-state index is 15.0. The lowest BCUT2D eigenvalue weighted by molar-refractivity contribution is 0.00524. The maximum atomic E-state index is 15.0. The fourth-order valence-electron chi connectivity index (χ4n) is 4.97. The Kier molecular flexibility index (Phi) is 5.11. The van der Waals surface area contributed by atoms with Gasteiger partial charge in [0.05, 0.1) is 40.7 Å². The Hall–Kier alpha value is -4.03. The minimum Gasteiger partial charge on any atom is -0.373 e. The minimum absolute atomic E-state index is 0.0429. The first-order valence-electron chi connectivity index (χ1n) is 11.7. The molecule has 9 heteroatoms. The van der Waals surface area contributed by atoms with E-state index in [2.05, 4.69) is 15.3 Å². The van der Waals surface area contributed by atoms with E-state index in [4.69, 9.17) is 10.00 Å². The summed E-state index contributed by atoms with van der Waals surface area (Å²) in [6.07, 6.45) is 7.47. The van der Waals surface area contributed by atoms with Crippen LogP contribution in [0.3, 0.4) is 0 Å². The van der Waals surface area contributed by atoms with Crippen molar-refractivity contribution in [2.45, 2.75) is 43.7 Å². The minimum atomic E-state index is -0.625. The normalized spacial score (nSPS) is 20.1. The summed E-state index contributed by atoms with van der Waals surface area (Å²) in [5, 5.41) is 18.6. The molecule has 2 unspecified atom stereocenters. The lowest BCUT2D eigenvalue weighted by Gasteiger charge is -2.30. The predicted octanol–water partition coefficient (Wildman–Crippen LogP) is 4.06. The van der Waals surface area contributed by atoms with Crippen molar-refractivity contribution in [3.8, 4) is 17.2 Å². The van der Waals surface area contributed by atoms with E-state index in [0.29, 0.717) is 24.6 Å². The molecule has 0 bridgehead atoms. The van der Waals surface area contributed by atoms with Crippen LogP contribution in [0.15, 0.2) is 52.3 Å². The van der Waals surface area contributed by atoms with E-state index in [0.717, 1.165) is 36.5 Å². The molecule has 2 fully saturated rings. The highest BCUT2D eigenvalue weighted by atomic mass is 19.1. The number of hydrogen-bond donors (Lipinski definition) is 2. The molecule has 1 aliphatic heterocycles. The third-order valence-electron chi connectivity index (χ3n) is 6.98. The highest BCUT2D eigenvalue weighted by molar-refractivity contribution is 5.96. The Morgan fingerprint density at radius 3 is 2.66 bits per heavy atom. The molecule has 2 atom stereocenters. The Balaban J connectivity index is 1.44. The van der Waals surface area contributed by atoms with Crippen LogP contribution in [-0.2, 0) is 4.74 Å². The molecule has 1 saturated heterocycles. The van der Waals surface area contributed by atoms with E-state index in [9.17, 15) is 9.59 Å². The first-order chi connectivity index (χ1) is 17.0. The van der Waals surface area contributed by atoms with Crippen LogP contribution >= 0.6 is 0 Å². The SMILES string of the molecule is N#Cc1ccc(-c2cc(C3CCOC(c4cnn(C5CC5)c4)C3)cc3c(=O)[nH][nH]c(=O)c23)c(F)c1. The first-order valence-corrected chi connectivity index (χ1v) is 11.7. The van der Waals surface area contributed by atoms with E-state index < -0.39 is 16.9 Å². The van der Waals surface area contributed by atoms with E-state index in [-0.39, 0.29) is 33.9 Å². The van der Waals surface area contributed by atoms with Crippen LogP contribution in [0.1, 0.15) is 60.4 Å². The van der Waals surface area contributed by atoms with Gasteiger partial charge < -0.3 is 4.74 Å². The molecule has 6 rings (SSSR count). The molecule has 176 valence electrons. The van der Waals surface area contributed by atoms with Gasteiger partial charge in [-0.3, -0.25) is 24.5 Å². The van der Waals surface area contributed by atoms with Crippen molar-refractivity contribution in [1.29, 1.82) is 5.26 Å². The molecule has 1 aliphatic carbocycles. The lowest BCUT2D eigenvalue weighted by atomic mass is 9.84. The maximum Gasteiger partial charge on any atom is 0.271 e. The molecule has 2 N–H and O–H groups in total. The lowest BCUT2D eigenvalue weighted by Crippen LogP contribution is -2.22. The number of rotatable bonds is 4. The molecule has 2 aromatic heterocycles. The number of nitrogens with zero attached hydrogens (tertiary/aromatic N) is 3. The Bertz CT molecular complexity index is 1610. The van der Waals surface area contributed by atoms with Gasteiger partial charge in [0.25, 0.3) is 11.1 Å². The molecule has 0 radical (unpaired) electrons. The van der Waals surface area contributed by atoms with Gasteiger partial charge in [-0.25, -0.2) is 4.39 Å². The molecule has 8 nitrogen and oxygen atoms in total. The van der Waals surface area contributed by atoms with Crippen molar-refractivity contribution in [3.63, 3.8) is 0 Å². The van der Waals surface area contributed by atoms with E-state index in [1.54, 1.807) is 12.1 Å². The van der Waals surface area contributed by atoms with E-state index in [1.807, 2.05) is 23.1 Å². The second kappa shape index (κ2) is 8.32. The molecule has 2 aliphatic rings. The molecule has 1 saturated carbocycles. The third-order valence-corrected chi connectivity index (χ3v) is 6.98. The zero-order valence-corrected chi connectivity index (χ0v) is 18.8. The van der Waals surface area contributed by atoms with Gasteiger partial charge in [0.2, 0.25) is 0 Å². The van der Waals surface area contributed by atoms with Gasteiger partial charge in [-0.15, -0.1) is 0 Å². The van der Waals surface area contributed by atoms with Crippen LogP contribution in [0.4, 0.5) is 4.39 Å². The number of aromatic nitrogens is 4. The Morgan fingerprint density at radius 2 is 1.89 bits per heavy atom. The Labute approximate surface area is 199 Å². The molecular weight excluding hydrogens is 449 g/mol. The van der Waals surface area contributed by atoms with Gasteiger partial charge in [0.15, 0.2) is 0 Å². The third kappa shape index (κ3) is 3.86. The van der Waals surface area contributed by atoms with Crippen LogP contribution < -0.4 is 11.1 Å². The number of ether oxygens (including phenoxy) is 1. The summed E-state index contributed by atoms with van der Waals surface area (Å²) in [5.41, 5.74) is 1.58. The monoisotopic (exact) mass is 471 g/mol. The van der Waals surface area contributed by atoms with Gasteiger partial charge in [-0.1, -0.05) is 6.07 Å². The van der Waals surface area contributed by atoms with Crippen molar-refractivity contribution in [3.05, 3.63) is 85.9 Å². The number of aromatic amines is 2. The summed E-state index contributed by atoms with van der Waals surface area (Å²) < 4.78 is 23.1. The van der Waals surface area contributed by atoms with Crippen LogP contribution in [0.5, 0.6) is 0 Å². The average Bonchev–Trinajstić information content (AvgIpc) is 3.62. The number of H-pyrrole nitrogens is 2. The second-order valence-electron chi connectivity index (χ2n) is 9.27. The molecule has 35 heavy (non-hydrogen) atoms. The summed E-state index contributed by atoms with van der Waals surface area (Å²) in [7, 11) is 0. The van der Waals surface area contributed by atoms with Gasteiger partial charge >= 0.3 is 0 Å². The molecule has 4 aromatic rings. The fourth-order valence-corrected chi connectivity index (χ4v) is 4.97. The summed E-state index contributed by atoms with van der Waals surface area (Å²) in [4.78, 5) is 25.4. The number of fused-ring (bicyclic) bond motifs is 1. The number of halogens is 1. The van der Waals surface area contributed by atoms with Crippen LogP contribution in [-0.4, -0.2) is 26.6 Å². The summed E-state index contributed by atoms with van der Waals surface area (Å²) in [6.45, 7) is 0.536. The standard InChI is InChI=1S/C26H22FN5O3/c27-22-7-14(11-28)1-4-19(22)20-8-16(9-21-24(20)26(34)31-30-25(21)33)15-5-6-35-23(10-15)17-12-29-32(13-17)18-2-3-18/h1,4,7-9,12-13,15,18,23H,2-3,5-6,10H2,(H,30,33)(H,31,34). The van der Waals surface area contributed by atoms with Crippen molar-refractivity contribution < 1.29 is 9.13 Å². The number of nitrogens with one attached hydrogen (secondary N) is 2. The molecule has 0 amide bonds. The van der Waals surface area contributed by atoms with Crippen molar-refractivity contribution in [2.24, 2.45) is 0 Å². The van der Waals surface area contributed by atoms with E-state index >= 15 is 4.39 Å². The van der Waals surface area contributed by atoms with Crippen molar-refractivity contribution in [2.75, 3.05) is 6.61 Å². The number of benzene rings is 2.